The molecule has 1 amide bonds. The van der Waals surface area contributed by atoms with Crippen molar-refractivity contribution in [3.8, 4) is 0 Å². The lowest BCUT2D eigenvalue weighted by Gasteiger charge is -2.27. The molecule has 0 radical (unpaired) electrons. The van der Waals surface area contributed by atoms with Crippen molar-refractivity contribution in [2.45, 2.75) is 12.8 Å². The second-order valence-corrected chi connectivity index (χ2v) is 4.90. The van der Waals surface area contributed by atoms with Crippen molar-refractivity contribution in [2.75, 3.05) is 39.2 Å². The molecule has 104 valence electrons. The van der Waals surface area contributed by atoms with Gasteiger partial charge in [0.05, 0.1) is 0 Å². The molecule has 1 aliphatic rings. The predicted molar refractivity (Wildman–Crippen MR) is 74.3 cm³/mol. The minimum absolute atomic E-state index is 0.0245. The number of ether oxygens (including phenoxy) is 1. The summed E-state index contributed by atoms with van der Waals surface area (Å²) in [6.45, 7) is 2.38. The first-order valence-electron chi connectivity index (χ1n) is 6.68. The van der Waals surface area contributed by atoms with Crippen molar-refractivity contribution in [1.82, 2.24) is 9.88 Å². The third-order valence-electron chi connectivity index (χ3n) is 3.44. The lowest BCUT2D eigenvalue weighted by Crippen LogP contribution is -2.34. The molecule has 1 saturated heterocycles. The topological polar surface area (TPSA) is 54.5 Å². The van der Waals surface area contributed by atoms with Gasteiger partial charge in [0.2, 0.25) is 0 Å². The van der Waals surface area contributed by atoms with Crippen LogP contribution in [-0.2, 0) is 4.74 Å². The molecule has 1 aromatic heterocycles. The van der Waals surface area contributed by atoms with Gasteiger partial charge in [0, 0.05) is 33.9 Å². The van der Waals surface area contributed by atoms with E-state index < -0.39 is 0 Å². The van der Waals surface area contributed by atoms with E-state index in [0.29, 0.717) is 17.4 Å². The number of nitrogens with zero attached hydrogens (tertiary/aromatic N) is 2. The molecule has 0 spiro atoms. The van der Waals surface area contributed by atoms with E-state index in [0.717, 1.165) is 32.6 Å². The van der Waals surface area contributed by atoms with Gasteiger partial charge in [-0.3, -0.25) is 4.79 Å². The highest BCUT2D eigenvalue weighted by Crippen LogP contribution is 2.16. The summed E-state index contributed by atoms with van der Waals surface area (Å²) in [6, 6.07) is 5.44. The molecular formula is C14H21N3O2. The number of aromatic nitrogens is 1. The summed E-state index contributed by atoms with van der Waals surface area (Å²) >= 11 is 0. The van der Waals surface area contributed by atoms with Crippen molar-refractivity contribution in [2.24, 2.45) is 5.92 Å². The van der Waals surface area contributed by atoms with E-state index >= 15 is 0 Å². The number of nitrogens with one attached hydrogen (secondary N) is 1. The Hall–Kier alpha value is -1.62. The van der Waals surface area contributed by atoms with E-state index in [4.69, 9.17) is 4.74 Å². The molecule has 5 heteroatoms. The smallest absolute Gasteiger partial charge is 0.272 e. The van der Waals surface area contributed by atoms with Crippen LogP contribution < -0.4 is 5.32 Å². The Morgan fingerprint density at radius 3 is 2.89 bits per heavy atom. The molecule has 2 heterocycles. The monoisotopic (exact) mass is 263 g/mol. The van der Waals surface area contributed by atoms with Crippen molar-refractivity contribution >= 4 is 11.7 Å². The van der Waals surface area contributed by atoms with Gasteiger partial charge in [0.15, 0.2) is 0 Å². The fourth-order valence-corrected chi connectivity index (χ4v) is 2.29. The first kappa shape index (κ1) is 13.8. The normalized spacial score (nSPS) is 16.1. The zero-order valence-corrected chi connectivity index (χ0v) is 11.6. The Balaban J connectivity index is 1.97. The maximum Gasteiger partial charge on any atom is 0.272 e. The number of hydrogen-bond acceptors (Lipinski definition) is 4. The van der Waals surface area contributed by atoms with Crippen LogP contribution in [0.3, 0.4) is 0 Å². The third-order valence-corrected chi connectivity index (χ3v) is 3.44. The number of carbonyl (C=O) groups is 1. The van der Waals surface area contributed by atoms with Crippen LogP contribution in [-0.4, -0.2) is 49.6 Å². The summed E-state index contributed by atoms with van der Waals surface area (Å²) in [5.41, 5.74) is 0.487. The van der Waals surface area contributed by atoms with Crippen LogP contribution in [0.5, 0.6) is 0 Å². The lowest BCUT2D eigenvalue weighted by atomic mass is 10.00. The van der Waals surface area contributed by atoms with Gasteiger partial charge >= 0.3 is 0 Å². The molecular weight excluding hydrogens is 242 g/mol. The van der Waals surface area contributed by atoms with Crippen LogP contribution in [0.15, 0.2) is 18.2 Å². The molecule has 0 aromatic carbocycles. The van der Waals surface area contributed by atoms with Crippen LogP contribution in [0, 0.1) is 5.92 Å². The largest absolute Gasteiger partial charge is 0.381 e. The fraction of sp³-hybridized carbons (Fsp3) is 0.571. The Bertz CT molecular complexity index is 430. The number of amides is 1. The van der Waals surface area contributed by atoms with E-state index in [1.807, 2.05) is 19.2 Å². The van der Waals surface area contributed by atoms with Gasteiger partial charge in [-0.05, 0) is 30.9 Å². The highest BCUT2D eigenvalue weighted by Gasteiger charge is 2.20. The SMILES string of the molecule is CNc1cccc(C(=O)N(C)CC2CCOCC2)n1. The molecule has 1 aliphatic heterocycles. The second kappa shape index (κ2) is 6.52. The van der Waals surface area contributed by atoms with Crippen LogP contribution in [0.4, 0.5) is 5.82 Å². The van der Waals surface area contributed by atoms with Gasteiger partial charge in [0.1, 0.15) is 11.5 Å². The molecule has 0 unspecified atom stereocenters. The van der Waals surface area contributed by atoms with Crippen molar-refractivity contribution in [3.63, 3.8) is 0 Å². The number of pyridine rings is 1. The van der Waals surface area contributed by atoms with E-state index in [1.165, 1.54) is 0 Å². The molecule has 0 aliphatic carbocycles. The zero-order chi connectivity index (χ0) is 13.7. The number of carbonyl (C=O) groups excluding carboxylic acids is 1. The Labute approximate surface area is 114 Å². The summed E-state index contributed by atoms with van der Waals surface area (Å²) in [6.07, 6.45) is 2.06. The molecule has 1 N–H and O–H groups in total. The molecule has 1 fully saturated rings. The van der Waals surface area contributed by atoms with Crippen LogP contribution >= 0.6 is 0 Å². The molecule has 2 rings (SSSR count). The van der Waals surface area contributed by atoms with Gasteiger partial charge in [0.25, 0.3) is 5.91 Å². The van der Waals surface area contributed by atoms with Gasteiger partial charge in [-0.25, -0.2) is 4.98 Å². The van der Waals surface area contributed by atoms with E-state index in [2.05, 4.69) is 10.3 Å². The molecule has 0 atom stereocenters. The Morgan fingerprint density at radius 2 is 2.21 bits per heavy atom. The van der Waals surface area contributed by atoms with E-state index in [9.17, 15) is 4.79 Å². The maximum atomic E-state index is 12.3. The van der Waals surface area contributed by atoms with Gasteiger partial charge in [-0.1, -0.05) is 6.07 Å². The average Bonchev–Trinajstić information content (AvgIpc) is 2.47. The molecule has 0 saturated carbocycles. The van der Waals surface area contributed by atoms with Crippen molar-refractivity contribution in [3.05, 3.63) is 23.9 Å². The van der Waals surface area contributed by atoms with Crippen LogP contribution in [0.2, 0.25) is 0 Å². The Kier molecular flexibility index (Phi) is 4.74. The van der Waals surface area contributed by atoms with Gasteiger partial charge < -0.3 is 15.0 Å². The van der Waals surface area contributed by atoms with E-state index in [1.54, 1.807) is 18.0 Å². The first-order chi connectivity index (χ1) is 9.20. The van der Waals surface area contributed by atoms with Crippen LogP contribution in [0.25, 0.3) is 0 Å². The van der Waals surface area contributed by atoms with Gasteiger partial charge in [-0.2, -0.15) is 0 Å². The number of hydrogen-bond donors (Lipinski definition) is 1. The maximum absolute atomic E-state index is 12.3. The summed E-state index contributed by atoms with van der Waals surface area (Å²) in [7, 11) is 3.63. The number of rotatable bonds is 4. The minimum atomic E-state index is -0.0245. The van der Waals surface area contributed by atoms with Crippen LogP contribution in [0.1, 0.15) is 23.3 Å². The van der Waals surface area contributed by atoms with Crippen molar-refractivity contribution in [1.29, 1.82) is 0 Å². The first-order valence-corrected chi connectivity index (χ1v) is 6.68. The third kappa shape index (κ3) is 3.67. The summed E-state index contributed by atoms with van der Waals surface area (Å²) in [4.78, 5) is 18.3. The summed E-state index contributed by atoms with van der Waals surface area (Å²) in [5, 5.41) is 2.94. The highest BCUT2D eigenvalue weighted by atomic mass is 16.5. The fourth-order valence-electron chi connectivity index (χ4n) is 2.29. The second-order valence-electron chi connectivity index (χ2n) is 4.90. The molecule has 19 heavy (non-hydrogen) atoms. The standard InChI is InChI=1S/C14H21N3O2/c1-15-13-5-3-4-12(16-13)14(18)17(2)10-11-6-8-19-9-7-11/h3-5,11H,6-10H2,1-2H3,(H,15,16). The van der Waals surface area contributed by atoms with Crippen molar-refractivity contribution < 1.29 is 9.53 Å². The molecule has 1 aromatic rings. The molecule has 0 bridgehead atoms. The average molecular weight is 263 g/mol. The minimum Gasteiger partial charge on any atom is -0.381 e. The molecule has 5 nitrogen and oxygen atoms in total. The quantitative estimate of drug-likeness (QED) is 0.897. The highest BCUT2D eigenvalue weighted by molar-refractivity contribution is 5.92. The van der Waals surface area contributed by atoms with E-state index in [-0.39, 0.29) is 5.91 Å². The number of anilines is 1. The lowest BCUT2D eigenvalue weighted by molar-refractivity contribution is 0.0495. The summed E-state index contributed by atoms with van der Waals surface area (Å²) in [5.74, 6) is 1.23. The zero-order valence-electron chi connectivity index (χ0n) is 11.6. The Morgan fingerprint density at radius 1 is 1.47 bits per heavy atom. The summed E-state index contributed by atoms with van der Waals surface area (Å²) < 4.78 is 5.33. The van der Waals surface area contributed by atoms with Gasteiger partial charge in [-0.15, -0.1) is 0 Å². The predicted octanol–water partition coefficient (Wildman–Crippen LogP) is 1.62.